The second-order valence-electron chi connectivity index (χ2n) is 14.6. The summed E-state index contributed by atoms with van der Waals surface area (Å²) in [6.45, 7) is 5.49. The number of nitrogens with one attached hydrogen (secondary N) is 1. The summed E-state index contributed by atoms with van der Waals surface area (Å²) in [5.41, 5.74) is 1.33. The lowest BCUT2D eigenvalue weighted by Gasteiger charge is -2.39. The van der Waals surface area contributed by atoms with Gasteiger partial charge in [-0.1, -0.05) is 85.0 Å². The maximum atomic E-state index is 15.4. The topological polar surface area (TPSA) is 138 Å². The Kier molecular flexibility index (Phi) is 11.7. The summed E-state index contributed by atoms with van der Waals surface area (Å²) in [6, 6.07) is 22.9. The molecule has 2 N–H and O–H groups in total. The molecule has 3 amide bonds. The summed E-state index contributed by atoms with van der Waals surface area (Å²) in [6.07, 6.45) is 5.88. The number of benzene rings is 3. The number of esters is 1. The fraction of sp³-hybridized carbons (Fsp3) is 0.409. The smallest absolute Gasteiger partial charge is 0.313 e. The van der Waals surface area contributed by atoms with Gasteiger partial charge in [0.15, 0.2) is 0 Å². The number of fused-ring (bicyclic) bond motifs is 2. The Morgan fingerprint density at radius 2 is 1.62 bits per heavy atom. The van der Waals surface area contributed by atoms with Crippen molar-refractivity contribution >= 4 is 35.1 Å². The molecule has 12 nitrogen and oxygen atoms in total. The molecule has 4 aliphatic heterocycles. The van der Waals surface area contributed by atoms with Crippen LogP contribution in [0.1, 0.15) is 50.0 Å². The van der Waals surface area contributed by atoms with Crippen LogP contribution in [0.15, 0.2) is 109 Å². The SMILES string of the molecule is CCN(CC)c1ccc(N2C/C=C\CCC(=O)N[C@@H](COC)[C@H](c3ccccc3)OC(=O)[C@@H]3[C@H]4C(=O)N([C@H](CO)c5ccccc5)[C@H](C2=O)[C@]42C=C[C@H]3O2)cc1. The number of rotatable bonds is 10. The number of cyclic esters (lactones) is 1. The standard InChI is InChI=1S/C44H50N4O8/c1-4-46(5-2)31-20-22-32(23-21-31)47-26-14-8-13-19-36(50)45-33(28-54-3)39(30-17-11-7-12-18-30)55-43(53)37-35-24-25-44(56-35)38(37)41(51)48(40(44)42(47)52)34(27-49)29-15-9-6-10-16-29/h6-12,14-18,20-25,33-35,37-40,49H,4-5,13,19,26-28H2,1-3H3,(H,45,50)/b14-8-/t33-,34+,35+,37-,38-,39-,40+,44-/m0/s1. The van der Waals surface area contributed by atoms with E-state index in [9.17, 15) is 14.7 Å². The van der Waals surface area contributed by atoms with Gasteiger partial charge in [0.05, 0.1) is 37.3 Å². The minimum atomic E-state index is -1.54. The van der Waals surface area contributed by atoms with Gasteiger partial charge in [-0.15, -0.1) is 0 Å². The third-order valence-electron chi connectivity index (χ3n) is 11.5. The van der Waals surface area contributed by atoms with Gasteiger partial charge in [-0.05, 0) is 55.7 Å². The predicted octanol–water partition coefficient (Wildman–Crippen LogP) is 4.52. The van der Waals surface area contributed by atoms with E-state index in [1.54, 1.807) is 29.2 Å². The Hall–Kier alpha value is -5.30. The summed E-state index contributed by atoms with van der Waals surface area (Å²) in [7, 11) is 1.51. The normalized spacial score (nSPS) is 28.9. The zero-order valence-corrected chi connectivity index (χ0v) is 32.0. The summed E-state index contributed by atoms with van der Waals surface area (Å²) >= 11 is 0. The maximum absolute atomic E-state index is 15.4. The Balaban J connectivity index is 1.36. The monoisotopic (exact) mass is 762 g/mol. The molecule has 2 fully saturated rings. The molecule has 3 aromatic rings. The van der Waals surface area contributed by atoms with Gasteiger partial charge in [0.2, 0.25) is 11.8 Å². The fourth-order valence-corrected chi connectivity index (χ4v) is 8.83. The van der Waals surface area contributed by atoms with Crippen LogP contribution in [0.3, 0.4) is 0 Å². The zero-order valence-electron chi connectivity index (χ0n) is 32.0. The molecule has 1 spiro atoms. The van der Waals surface area contributed by atoms with Crippen molar-refractivity contribution in [3.05, 3.63) is 120 Å². The lowest BCUT2D eigenvalue weighted by atomic mass is 9.74. The van der Waals surface area contributed by atoms with Crippen LogP contribution >= 0.6 is 0 Å². The number of hydrogen-bond donors (Lipinski definition) is 2. The Labute approximate surface area is 327 Å². The molecule has 4 heterocycles. The number of allylic oxidation sites excluding steroid dienone is 1. The summed E-state index contributed by atoms with van der Waals surface area (Å²) in [5.74, 6) is -4.14. The number of carbonyl (C=O) groups is 4. The van der Waals surface area contributed by atoms with Crippen LogP contribution in [0, 0.1) is 11.8 Å². The van der Waals surface area contributed by atoms with Crippen molar-refractivity contribution in [2.75, 3.05) is 49.8 Å². The van der Waals surface area contributed by atoms with E-state index in [0.717, 1.165) is 18.8 Å². The second kappa shape index (κ2) is 16.8. The van der Waals surface area contributed by atoms with Gasteiger partial charge < -0.3 is 39.3 Å². The van der Waals surface area contributed by atoms with Crippen molar-refractivity contribution in [3.8, 4) is 0 Å². The molecule has 12 heteroatoms. The Morgan fingerprint density at radius 1 is 0.929 bits per heavy atom. The van der Waals surface area contributed by atoms with E-state index in [2.05, 4.69) is 24.1 Å². The van der Waals surface area contributed by atoms with Crippen LogP contribution in [0.5, 0.6) is 0 Å². The van der Waals surface area contributed by atoms with E-state index in [1.165, 1.54) is 12.0 Å². The first kappa shape index (κ1) is 39.0. The Morgan fingerprint density at radius 3 is 2.29 bits per heavy atom. The van der Waals surface area contributed by atoms with E-state index in [1.807, 2.05) is 84.9 Å². The van der Waals surface area contributed by atoms with Crippen molar-refractivity contribution in [2.45, 2.75) is 62.6 Å². The van der Waals surface area contributed by atoms with Crippen molar-refractivity contribution in [2.24, 2.45) is 11.8 Å². The summed E-state index contributed by atoms with van der Waals surface area (Å²) < 4.78 is 18.6. The van der Waals surface area contributed by atoms with Gasteiger partial charge >= 0.3 is 5.97 Å². The quantitative estimate of drug-likeness (QED) is 0.226. The van der Waals surface area contributed by atoms with Gasteiger partial charge in [-0.3, -0.25) is 19.2 Å². The molecule has 5 bridgehead atoms. The van der Waals surface area contributed by atoms with E-state index >= 15 is 9.59 Å². The molecule has 2 saturated heterocycles. The van der Waals surface area contributed by atoms with Crippen molar-refractivity contribution in [1.82, 2.24) is 10.2 Å². The van der Waals surface area contributed by atoms with E-state index < -0.39 is 72.2 Å². The minimum Gasteiger partial charge on any atom is -0.455 e. The lowest BCUT2D eigenvalue weighted by Crippen LogP contribution is -2.57. The van der Waals surface area contributed by atoms with Crippen molar-refractivity contribution < 1.29 is 38.5 Å². The number of carbonyl (C=O) groups excluding carboxylic acids is 4. The highest BCUT2D eigenvalue weighted by Crippen LogP contribution is 2.57. The van der Waals surface area contributed by atoms with E-state index in [4.69, 9.17) is 14.2 Å². The third-order valence-corrected chi connectivity index (χ3v) is 11.5. The predicted molar refractivity (Wildman–Crippen MR) is 210 cm³/mol. The molecule has 0 aromatic heterocycles. The molecule has 0 saturated carbocycles. The largest absolute Gasteiger partial charge is 0.455 e. The average molecular weight is 763 g/mol. The van der Waals surface area contributed by atoms with Crippen LogP contribution in [0.2, 0.25) is 0 Å². The highest BCUT2D eigenvalue weighted by molar-refractivity contribution is 6.05. The van der Waals surface area contributed by atoms with Gasteiger partial charge in [0.1, 0.15) is 23.7 Å². The van der Waals surface area contributed by atoms with Crippen molar-refractivity contribution in [3.63, 3.8) is 0 Å². The molecule has 4 aliphatic rings. The highest BCUT2D eigenvalue weighted by Gasteiger charge is 2.74. The number of aliphatic hydroxyl groups is 1. The number of amides is 3. The van der Waals surface area contributed by atoms with Gasteiger partial charge in [0, 0.05) is 44.5 Å². The first-order valence-electron chi connectivity index (χ1n) is 19.5. The molecule has 56 heavy (non-hydrogen) atoms. The number of methoxy groups -OCH3 is 1. The molecule has 294 valence electrons. The number of hydrogen-bond acceptors (Lipinski definition) is 9. The molecule has 8 atom stereocenters. The number of ether oxygens (including phenoxy) is 3. The third kappa shape index (κ3) is 7.13. The first-order valence-corrected chi connectivity index (χ1v) is 19.5. The van der Waals surface area contributed by atoms with Crippen LogP contribution < -0.4 is 15.1 Å². The molecular formula is C44H50N4O8. The lowest BCUT2D eigenvalue weighted by molar-refractivity contribution is -0.162. The average Bonchev–Trinajstić information content (AvgIpc) is 3.87. The molecule has 0 unspecified atom stereocenters. The van der Waals surface area contributed by atoms with Gasteiger partial charge in [-0.2, -0.15) is 0 Å². The number of nitrogens with zero attached hydrogens (tertiary/aromatic N) is 3. The number of aliphatic hydroxyl groups excluding tert-OH is 1. The van der Waals surface area contributed by atoms with Gasteiger partial charge in [-0.25, -0.2) is 0 Å². The van der Waals surface area contributed by atoms with Crippen LogP contribution in [-0.4, -0.2) is 97.4 Å². The number of anilines is 2. The van der Waals surface area contributed by atoms with E-state index in [-0.39, 0.29) is 25.5 Å². The van der Waals surface area contributed by atoms with Gasteiger partial charge in [0.25, 0.3) is 5.91 Å². The van der Waals surface area contributed by atoms with Crippen LogP contribution in [0.25, 0.3) is 0 Å². The molecule has 0 radical (unpaired) electrons. The maximum Gasteiger partial charge on any atom is 0.313 e. The molecule has 3 aromatic carbocycles. The minimum absolute atomic E-state index is 0.0485. The first-order chi connectivity index (χ1) is 27.3. The molecular weight excluding hydrogens is 713 g/mol. The fourth-order valence-electron chi connectivity index (χ4n) is 8.83. The van der Waals surface area contributed by atoms with Crippen molar-refractivity contribution in [1.29, 1.82) is 0 Å². The summed E-state index contributed by atoms with van der Waals surface area (Å²) in [4.78, 5) is 63.8. The Bertz CT molecular complexity index is 1930. The highest BCUT2D eigenvalue weighted by atomic mass is 16.6. The zero-order chi connectivity index (χ0) is 39.4. The number of likely N-dealkylation sites (tertiary alicyclic amines) is 1. The molecule has 0 aliphatic carbocycles. The molecule has 7 rings (SSSR count). The van der Waals surface area contributed by atoms with Crippen LogP contribution in [-0.2, 0) is 33.4 Å². The van der Waals surface area contributed by atoms with E-state index in [0.29, 0.717) is 23.2 Å². The van der Waals surface area contributed by atoms with Crippen LogP contribution in [0.4, 0.5) is 11.4 Å². The summed E-state index contributed by atoms with van der Waals surface area (Å²) in [5, 5.41) is 14.0. The second-order valence-corrected chi connectivity index (χ2v) is 14.6.